The van der Waals surface area contributed by atoms with Crippen molar-refractivity contribution in [3.63, 3.8) is 0 Å². The van der Waals surface area contributed by atoms with Crippen LogP contribution in [-0.2, 0) is 6.61 Å². The van der Waals surface area contributed by atoms with Crippen LogP contribution >= 0.6 is 11.8 Å². The number of aliphatic hydroxyl groups excluding tert-OH is 1. The summed E-state index contributed by atoms with van der Waals surface area (Å²) in [6.07, 6.45) is 1.06. The van der Waals surface area contributed by atoms with Crippen LogP contribution in [-0.4, -0.2) is 10.4 Å². The lowest BCUT2D eigenvalue weighted by atomic mass is 10.2. The second kappa shape index (κ2) is 5.37. The number of rotatable bonds is 4. The highest BCUT2D eigenvalue weighted by Crippen LogP contribution is 2.28. The minimum atomic E-state index is -0.289. The normalized spacial score (nSPS) is 12.9. The molecule has 0 fully saturated rings. The maximum Gasteiger partial charge on any atom is 0.123 e. The van der Waals surface area contributed by atoms with Crippen molar-refractivity contribution in [2.24, 2.45) is 0 Å². The van der Waals surface area contributed by atoms with E-state index in [0.29, 0.717) is 10.8 Å². The first-order chi connectivity index (χ1) is 6.67. The molecule has 1 unspecified atom stereocenters. The molecule has 0 heterocycles. The molecule has 0 amide bonds. The van der Waals surface area contributed by atoms with Crippen molar-refractivity contribution < 1.29 is 9.50 Å². The maximum atomic E-state index is 12.8. The number of hydrogen-bond donors (Lipinski definition) is 1. The molecular formula is C11H15FOS. The van der Waals surface area contributed by atoms with Crippen LogP contribution < -0.4 is 0 Å². The van der Waals surface area contributed by atoms with E-state index in [0.717, 1.165) is 11.3 Å². The minimum Gasteiger partial charge on any atom is -0.392 e. The number of thioether (sulfide) groups is 1. The van der Waals surface area contributed by atoms with Gasteiger partial charge in [-0.25, -0.2) is 4.39 Å². The van der Waals surface area contributed by atoms with E-state index < -0.39 is 0 Å². The van der Waals surface area contributed by atoms with E-state index in [-0.39, 0.29) is 12.4 Å². The smallest absolute Gasteiger partial charge is 0.123 e. The summed E-state index contributed by atoms with van der Waals surface area (Å²) in [6, 6.07) is 4.56. The standard InChI is InChI=1S/C11H15FOS/c1-3-8(2)14-11-5-4-10(12)6-9(11)7-13/h4-6,8,13H,3,7H2,1-2H3. The van der Waals surface area contributed by atoms with Gasteiger partial charge in [0.25, 0.3) is 0 Å². The van der Waals surface area contributed by atoms with E-state index in [2.05, 4.69) is 13.8 Å². The van der Waals surface area contributed by atoms with Crippen molar-refractivity contribution in [3.05, 3.63) is 29.6 Å². The molecule has 1 aromatic carbocycles. The van der Waals surface area contributed by atoms with E-state index in [1.807, 2.05) is 0 Å². The molecule has 0 aliphatic rings. The molecule has 0 spiro atoms. The minimum absolute atomic E-state index is 0.101. The average molecular weight is 214 g/mol. The van der Waals surface area contributed by atoms with Gasteiger partial charge in [-0.05, 0) is 30.2 Å². The lowest BCUT2D eigenvalue weighted by Gasteiger charge is -2.11. The van der Waals surface area contributed by atoms with Gasteiger partial charge in [0.1, 0.15) is 5.82 Å². The average Bonchev–Trinajstić information content (AvgIpc) is 2.20. The highest BCUT2D eigenvalue weighted by Gasteiger charge is 2.07. The Bertz CT molecular complexity index is 301. The molecule has 1 N–H and O–H groups in total. The molecule has 0 saturated heterocycles. The Balaban J connectivity index is 2.85. The van der Waals surface area contributed by atoms with Crippen LogP contribution in [0.2, 0.25) is 0 Å². The fourth-order valence-corrected chi connectivity index (χ4v) is 2.11. The van der Waals surface area contributed by atoms with Crippen molar-refractivity contribution in [2.75, 3.05) is 0 Å². The van der Waals surface area contributed by atoms with E-state index in [1.165, 1.54) is 12.1 Å². The van der Waals surface area contributed by atoms with Crippen LogP contribution in [0.5, 0.6) is 0 Å². The van der Waals surface area contributed by atoms with Gasteiger partial charge >= 0.3 is 0 Å². The summed E-state index contributed by atoms with van der Waals surface area (Å²) < 4.78 is 12.8. The summed E-state index contributed by atoms with van der Waals surface area (Å²) >= 11 is 1.68. The predicted octanol–water partition coefficient (Wildman–Crippen LogP) is 3.21. The van der Waals surface area contributed by atoms with Gasteiger partial charge in [0.05, 0.1) is 6.61 Å². The van der Waals surface area contributed by atoms with Crippen molar-refractivity contribution in [3.8, 4) is 0 Å². The molecule has 1 atom stereocenters. The molecule has 1 nitrogen and oxygen atoms in total. The van der Waals surface area contributed by atoms with Gasteiger partial charge in [-0.3, -0.25) is 0 Å². The van der Waals surface area contributed by atoms with Gasteiger partial charge in [-0.2, -0.15) is 0 Å². The number of benzene rings is 1. The first kappa shape index (κ1) is 11.5. The van der Waals surface area contributed by atoms with Gasteiger partial charge in [0, 0.05) is 10.1 Å². The molecule has 0 saturated carbocycles. The topological polar surface area (TPSA) is 20.2 Å². The Labute approximate surface area is 88.3 Å². The van der Waals surface area contributed by atoms with Crippen LogP contribution in [0.25, 0.3) is 0 Å². The van der Waals surface area contributed by atoms with Gasteiger partial charge < -0.3 is 5.11 Å². The van der Waals surface area contributed by atoms with Crippen LogP contribution in [0.15, 0.2) is 23.1 Å². The Kier molecular flexibility index (Phi) is 4.42. The summed E-state index contributed by atoms with van der Waals surface area (Å²) in [7, 11) is 0. The fraction of sp³-hybridized carbons (Fsp3) is 0.455. The van der Waals surface area contributed by atoms with Crippen LogP contribution in [0.4, 0.5) is 4.39 Å². The van der Waals surface area contributed by atoms with Crippen molar-refractivity contribution >= 4 is 11.8 Å². The molecule has 78 valence electrons. The molecule has 0 aromatic heterocycles. The van der Waals surface area contributed by atoms with E-state index in [9.17, 15) is 4.39 Å². The summed E-state index contributed by atoms with van der Waals surface area (Å²) in [5.74, 6) is -0.289. The molecule has 1 rings (SSSR count). The summed E-state index contributed by atoms with van der Waals surface area (Å²) in [6.45, 7) is 4.13. The molecule has 0 bridgehead atoms. The number of halogens is 1. The zero-order chi connectivity index (χ0) is 10.6. The van der Waals surface area contributed by atoms with Gasteiger partial charge in [-0.15, -0.1) is 11.8 Å². The zero-order valence-electron chi connectivity index (χ0n) is 8.46. The largest absolute Gasteiger partial charge is 0.392 e. The van der Waals surface area contributed by atoms with Crippen LogP contribution in [0.3, 0.4) is 0 Å². The molecular weight excluding hydrogens is 199 g/mol. The Morgan fingerprint density at radius 3 is 2.79 bits per heavy atom. The number of hydrogen-bond acceptors (Lipinski definition) is 2. The third-order valence-electron chi connectivity index (χ3n) is 2.10. The highest BCUT2D eigenvalue weighted by molar-refractivity contribution is 8.00. The first-order valence-electron chi connectivity index (χ1n) is 4.73. The zero-order valence-corrected chi connectivity index (χ0v) is 9.27. The molecule has 1 aromatic rings. The van der Waals surface area contributed by atoms with Crippen LogP contribution in [0.1, 0.15) is 25.8 Å². The Morgan fingerprint density at radius 1 is 1.50 bits per heavy atom. The molecule has 3 heteroatoms. The Morgan fingerprint density at radius 2 is 2.21 bits per heavy atom. The molecule has 14 heavy (non-hydrogen) atoms. The quantitative estimate of drug-likeness (QED) is 0.777. The van der Waals surface area contributed by atoms with Crippen molar-refractivity contribution in [1.82, 2.24) is 0 Å². The second-order valence-electron chi connectivity index (χ2n) is 3.25. The Hall–Kier alpha value is -0.540. The lowest BCUT2D eigenvalue weighted by molar-refractivity contribution is 0.278. The van der Waals surface area contributed by atoms with E-state index in [1.54, 1.807) is 17.8 Å². The third kappa shape index (κ3) is 3.00. The highest BCUT2D eigenvalue weighted by atomic mass is 32.2. The van der Waals surface area contributed by atoms with Gasteiger partial charge in [0.2, 0.25) is 0 Å². The monoisotopic (exact) mass is 214 g/mol. The number of aliphatic hydroxyl groups is 1. The van der Waals surface area contributed by atoms with E-state index >= 15 is 0 Å². The molecule has 0 radical (unpaired) electrons. The predicted molar refractivity (Wildman–Crippen MR) is 57.9 cm³/mol. The lowest BCUT2D eigenvalue weighted by Crippen LogP contribution is -1.96. The SMILES string of the molecule is CCC(C)Sc1ccc(F)cc1CO. The van der Waals surface area contributed by atoms with Crippen molar-refractivity contribution in [2.45, 2.75) is 37.0 Å². The van der Waals surface area contributed by atoms with Gasteiger partial charge in [-0.1, -0.05) is 13.8 Å². The fourth-order valence-electron chi connectivity index (χ4n) is 1.09. The van der Waals surface area contributed by atoms with Crippen LogP contribution in [0, 0.1) is 5.82 Å². The third-order valence-corrected chi connectivity index (χ3v) is 3.48. The second-order valence-corrected chi connectivity index (χ2v) is 4.73. The summed E-state index contributed by atoms with van der Waals surface area (Å²) in [5.41, 5.74) is 0.676. The summed E-state index contributed by atoms with van der Waals surface area (Å²) in [4.78, 5) is 0.975. The van der Waals surface area contributed by atoms with Crippen molar-refractivity contribution in [1.29, 1.82) is 0 Å². The molecule has 0 aliphatic heterocycles. The maximum absolute atomic E-state index is 12.8. The van der Waals surface area contributed by atoms with E-state index in [4.69, 9.17) is 5.11 Å². The van der Waals surface area contributed by atoms with Gasteiger partial charge in [0.15, 0.2) is 0 Å². The molecule has 0 aliphatic carbocycles. The first-order valence-corrected chi connectivity index (χ1v) is 5.61. The summed E-state index contributed by atoms with van der Waals surface area (Å²) in [5, 5.41) is 9.54.